The number of hydrogen-bond donors (Lipinski definition) is 1. The molecule has 0 spiro atoms. The summed E-state index contributed by atoms with van der Waals surface area (Å²) in [7, 11) is 0. The summed E-state index contributed by atoms with van der Waals surface area (Å²) in [6.45, 7) is 4.22. The number of ether oxygens (including phenoxy) is 4. The Balaban J connectivity index is 1.42. The minimum absolute atomic E-state index is 0.0224. The molecule has 1 saturated carbocycles. The van der Waals surface area contributed by atoms with Crippen molar-refractivity contribution in [1.82, 2.24) is 0 Å². The number of carbonyl (C=O) groups is 1. The molecule has 0 aromatic heterocycles. The van der Waals surface area contributed by atoms with Gasteiger partial charge < -0.3 is 24.1 Å². The predicted octanol–water partition coefficient (Wildman–Crippen LogP) is 3.12. The first-order chi connectivity index (χ1) is 13.4. The Morgan fingerprint density at radius 2 is 1.96 bits per heavy atom. The third-order valence-corrected chi connectivity index (χ3v) is 6.38. The fourth-order valence-corrected chi connectivity index (χ4v) is 5.36. The van der Waals surface area contributed by atoms with Gasteiger partial charge in [0.05, 0.1) is 24.6 Å². The lowest BCUT2D eigenvalue weighted by Crippen LogP contribution is -2.51. The number of allylic oxidation sites excluding steroid dienone is 2. The van der Waals surface area contributed by atoms with E-state index in [2.05, 4.69) is 0 Å². The van der Waals surface area contributed by atoms with Gasteiger partial charge >= 0.3 is 0 Å². The second-order valence-corrected chi connectivity index (χ2v) is 8.74. The van der Waals surface area contributed by atoms with Gasteiger partial charge in [0.1, 0.15) is 6.10 Å². The molecule has 1 aromatic rings. The van der Waals surface area contributed by atoms with Crippen molar-refractivity contribution < 1.29 is 28.8 Å². The maximum atomic E-state index is 12.1. The van der Waals surface area contributed by atoms with Crippen LogP contribution < -0.4 is 0 Å². The molecule has 5 rings (SSSR count). The standard InChI is InChI=1S/C22H26O6/c1-22(2)27-20-18-17-13(8-14(23)10-15(17)24)9-16(19(18)26-21(20)28-22)25-11-12-6-4-3-5-7-12/h3-7,10,13,16-21,24H,8-9,11H2,1-2H3/t13-,16+,17+,18+,19+,20+,21+/m0/s1. The van der Waals surface area contributed by atoms with Gasteiger partial charge in [-0.2, -0.15) is 0 Å². The lowest BCUT2D eigenvalue weighted by atomic mass is 9.64. The minimum atomic E-state index is -0.725. The molecular weight excluding hydrogens is 360 g/mol. The number of aliphatic hydroxyl groups excluding tert-OH is 1. The Kier molecular flexibility index (Phi) is 4.36. The quantitative estimate of drug-likeness (QED) is 0.860. The monoisotopic (exact) mass is 386 g/mol. The van der Waals surface area contributed by atoms with Gasteiger partial charge in [-0.05, 0) is 31.7 Å². The number of aliphatic hydroxyl groups is 1. The normalized spacial score (nSPS) is 41.1. The van der Waals surface area contributed by atoms with Crippen LogP contribution in [0, 0.1) is 17.8 Å². The van der Waals surface area contributed by atoms with E-state index in [-0.39, 0.29) is 47.6 Å². The van der Waals surface area contributed by atoms with Gasteiger partial charge in [0.15, 0.2) is 17.9 Å². The maximum absolute atomic E-state index is 12.1. The van der Waals surface area contributed by atoms with Crippen LogP contribution in [0.3, 0.4) is 0 Å². The Morgan fingerprint density at radius 1 is 1.18 bits per heavy atom. The molecular formula is C22H26O6. The van der Waals surface area contributed by atoms with E-state index in [4.69, 9.17) is 18.9 Å². The SMILES string of the molecule is CC1(C)O[C@H]2O[C@H]3[C@H]([C@H]2O1)[C@H]1C(O)=CC(=O)C[C@H]1C[C@H]3OCc1ccccc1. The van der Waals surface area contributed by atoms with Crippen molar-refractivity contribution in [3.63, 3.8) is 0 Å². The number of ketones is 1. The van der Waals surface area contributed by atoms with Gasteiger partial charge in [-0.25, -0.2) is 0 Å². The molecule has 150 valence electrons. The van der Waals surface area contributed by atoms with Crippen LogP contribution in [-0.4, -0.2) is 41.3 Å². The highest BCUT2D eigenvalue weighted by Crippen LogP contribution is 2.54. The van der Waals surface area contributed by atoms with Gasteiger partial charge in [-0.1, -0.05) is 30.3 Å². The van der Waals surface area contributed by atoms with E-state index in [0.29, 0.717) is 19.4 Å². The summed E-state index contributed by atoms with van der Waals surface area (Å²) in [5.74, 6) is -0.845. The Hall–Kier alpha value is -1.73. The molecule has 6 heteroatoms. The molecule has 0 bridgehead atoms. The number of rotatable bonds is 3. The zero-order chi connectivity index (χ0) is 19.5. The van der Waals surface area contributed by atoms with E-state index in [9.17, 15) is 9.90 Å². The third-order valence-electron chi connectivity index (χ3n) is 6.38. The molecule has 2 aliphatic carbocycles. The van der Waals surface area contributed by atoms with Crippen molar-refractivity contribution in [3.05, 3.63) is 47.7 Å². The number of carbonyl (C=O) groups excluding carboxylic acids is 1. The van der Waals surface area contributed by atoms with Crippen LogP contribution in [0.4, 0.5) is 0 Å². The van der Waals surface area contributed by atoms with Crippen LogP contribution in [0.15, 0.2) is 42.2 Å². The Bertz CT molecular complexity index is 787. The van der Waals surface area contributed by atoms with Crippen molar-refractivity contribution in [3.8, 4) is 0 Å². The van der Waals surface area contributed by atoms with Gasteiger partial charge in [-0.3, -0.25) is 4.79 Å². The molecule has 6 nitrogen and oxygen atoms in total. The third kappa shape index (κ3) is 3.08. The summed E-state index contributed by atoms with van der Waals surface area (Å²) >= 11 is 0. The second-order valence-electron chi connectivity index (χ2n) is 8.74. The van der Waals surface area contributed by atoms with Gasteiger partial charge in [0.25, 0.3) is 0 Å². The highest BCUT2D eigenvalue weighted by molar-refractivity contribution is 5.91. The molecule has 2 aliphatic heterocycles. The fourth-order valence-electron chi connectivity index (χ4n) is 5.36. The summed E-state index contributed by atoms with van der Waals surface area (Å²) in [6.07, 6.45) is 1.30. The molecule has 28 heavy (non-hydrogen) atoms. The van der Waals surface area contributed by atoms with Crippen LogP contribution in [0.5, 0.6) is 0 Å². The Labute approximate surface area is 164 Å². The van der Waals surface area contributed by atoms with Crippen molar-refractivity contribution in [2.24, 2.45) is 17.8 Å². The highest BCUT2D eigenvalue weighted by Gasteiger charge is 2.63. The molecule has 0 radical (unpaired) electrons. The number of hydrogen-bond acceptors (Lipinski definition) is 6. The zero-order valence-electron chi connectivity index (χ0n) is 16.1. The van der Waals surface area contributed by atoms with Gasteiger partial charge in [-0.15, -0.1) is 0 Å². The minimum Gasteiger partial charge on any atom is -0.512 e. The molecule has 0 unspecified atom stereocenters. The van der Waals surface area contributed by atoms with E-state index in [1.807, 2.05) is 44.2 Å². The lowest BCUT2D eigenvalue weighted by Gasteiger charge is -2.45. The van der Waals surface area contributed by atoms with Crippen molar-refractivity contribution >= 4 is 5.78 Å². The van der Waals surface area contributed by atoms with Crippen LogP contribution in [0.25, 0.3) is 0 Å². The van der Waals surface area contributed by atoms with E-state index in [1.54, 1.807) is 0 Å². The molecule has 4 aliphatic rings. The van der Waals surface area contributed by atoms with Crippen LogP contribution in [0.2, 0.25) is 0 Å². The van der Waals surface area contributed by atoms with E-state index < -0.39 is 12.1 Å². The summed E-state index contributed by atoms with van der Waals surface area (Å²) in [4.78, 5) is 12.1. The maximum Gasteiger partial charge on any atom is 0.187 e. The highest BCUT2D eigenvalue weighted by atomic mass is 16.8. The van der Waals surface area contributed by atoms with Crippen LogP contribution >= 0.6 is 0 Å². The van der Waals surface area contributed by atoms with E-state index in [0.717, 1.165) is 5.56 Å². The summed E-state index contributed by atoms with van der Waals surface area (Å²) in [6, 6.07) is 10.0. The second kappa shape index (κ2) is 6.66. The van der Waals surface area contributed by atoms with Crippen molar-refractivity contribution in [2.45, 2.75) is 63.7 Å². The molecule has 7 atom stereocenters. The lowest BCUT2D eigenvalue weighted by molar-refractivity contribution is -0.236. The average molecular weight is 386 g/mol. The number of benzene rings is 1. The summed E-state index contributed by atoms with van der Waals surface area (Å²) < 4.78 is 24.6. The molecule has 2 saturated heterocycles. The van der Waals surface area contributed by atoms with Crippen LogP contribution in [0.1, 0.15) is 32.3 Å². The van der Waals surface area contributed by atoms with Crippen molar-refractivity contribution in [2.75, 3.05) is 0 Å². The Morgan fingerprint density at radius 3 is 2.75 bits per heavy atom. The largest absolute Gasteiger partial charge is 0.512 e. The van der Waals surface area contributed by atoms with E-state index >= 15 is 0 Å². The van der Waals surface area contributed by atoms with Crippen LogP contribution in [-0.2, 0) is 30.3 Å². The average Bonchev–Trinajstić information content (AvgIpc) is 3.12. The zero-order valence-corrected chi connectivity index (χ0v) is 16.1. The van der Waals surface area contributed by atoms with E-state index in [1.165, 1.54) is 6.08 Å². The fraction of sp³-hybridized carbons (Fsp3) is 0.591. The van der Waals surface area contributed by atoms with Gasteiger partial charge in [0.2, 0.25) is 0 Å². The topological polar surface area (TPSA) is 74.2 Å². The van der Waals surface area contributed by atoms with Gasteiger partial charge in [0, 0.05) is 24.3 Å². The van der Waals surface area contributed by atoms with Crippen molar-refractivity contribution in [1.29, 1.82) is 0 Å². The molecule has 1 aromatic carbocycles. The number of fused-ring (bicyclic) bond motifs is 5. The smallest absolute Gasteiger partial charge is 0.187 e. The first kappa shape index (κ1) is 18.3. The molecule has 0 amide bonds. The molecule has 1 N–H and O–H groups in total. The first-order valence-corrected chi connectivity index (χ1v) is 10.0. The molecule has 2 heterocycles. The first-order valence-electron chi connectivity index (χ1n) is 10.0. The summed E-state index contributed by atoms with van der Waals surface area (Å²) in [5.41, 5.74) is 1.09. The molecule has 3 fully saturated rings. The predicted molar refractivity (Wildman–Crippen MR) is 99.1 cm³/mol. The summed E-state index contributed by atoms with van der Waals surface area (Å²) in [5, 5.41) is 10.6.